The average molecular weight is 377 g/mol. The highest BCUT2D eigenvalue weighted by Gasteiger charge is 2.32. The molecule has 1 fully saturated rings. The van der Waals surface area contributed by atoms with Crippen molar-refractivity contribution in [2.45, 2.75) is 5.16 Å². The second-order valence-corrected chi connectivity index (χ2v) is 8.57. The van der Waals surface area contributed by atoms with Crippen LogP contribution in [0.5, 0.6) is 0 Å². The maximum absolute atomic E-state index is 12.7. The Morgan fingerprint density at radius 2 is 1.92 bits per heavy atom. The van der Waals surface area contributed by atoms with E-state index in [0.29, 0.717) is 18.0 Å². The van der Waals surface area contributed by atoms with Crippen LogP contribution in [0.3, 0.4) is 0 Å². The minimum Gasteiger partial charge on any atom is -0.335 e. The zero-order chi connectivity index (χ0) is 17.4. The largest absolute Gasteiger partial charge is 0.335 e. The molecule has 1 amide bonds. The number of piperazine rings is 1. The van der Waals surface area contributed by atoms with Crippen molar-refractivity contribution in [2.24, 2.45) is 0 Å². The van der Waals surface area contributed by atoms with Crippen molar-refractivity contribution in [1.29, 1.82) is 0 Å². The van der Waals surface area contributed by atoms with Crippen LogP contribution < -0.4 is 0 Å². The molecular formula is C15H15N5O3S2. The summed E-state index contributed by atoms with van der Waals surface area (Å²) in [4.78, 5) is 18.8. The van der Waals surface area contributed by atoms with Crippen LogP contribution in [0.1, 0.15) is 9.67 Å². The zero-order valence-electron chi connectivity index (χ0n) is 13.1. The topological polar surface area (TPSA) is 99.3 Å². The standard InChI is InChI=1S/C15H15N5O3S2/c21-14(13-9-11-3-1-2-4-12(11)24-13)19-5-7-20(8-6-19)25(22,23)15-16-10-17-18-15/h1-4,9-10H,5-8H2,(H,16,17,18). The molecule has 0 radical (unpaired) electrons. The first-order valence-electron chi connectivity index (χ1n) is 7.69. The predicted octanol–water partition coefficient (Wildman–Crippen LogP) is 1.17. The van der Waals surface area contributed by atoms with E-state index in [1.807, 2.05) is 30.3 Å². The molecule has 4 rings (SSSR count). The molecule has 1 aromatic carbocycles. The number of H-pyrrole nitrogens is 1. The van der Waals surface area contributed by atoms with Gasteiger partial charge in [-0.05, 0) is 17.5 Å². The average Bonchev–Trinajstić information content (AvgIpc) is 3.31. The third-order valence-corrected chi connectivity index (χ3v) is 6.97. The summed E-state index contributed by atoms with van der Waals surface area (Å²) in [7, 11) is -3.68. The van der Waals surface area contributed by atoms with Crippen molar-refractivity contribution in [3.63, 3.8) is 0 Å². The second-order valence-electron chi connectivity index (χ2n) is 5.64. The van der Waals surface area contributed by atoms with Crippen molar-refractivity contribution in [3.8, 4) is 0 Å². The van der Waals surface area contributed by atoms with Crippen LogP contribution >= 0.6 is 11.3 Å². The number of fused-ring (bicyclic) bond motifs is 1. The third kappa shape index (κ3) is 2.92. The molecule has 3 aromatic rings. The molecule has 8 nitrogen and oxygen atoms in total. The van der Waals surface area contributed by atoms with Crippen LogP contribution in [0.25, 0.3) is 10.1 Å². The van der Waals surface area contributed by atoms with Crippen molar-refractivity contribution < 1.29 is 13.2 Å². The highest BCUT2D eigenvalue weighted by molar-refractivity contribution is 7.88. The van der Waals surface area contributed by atoms with E-state index in [1.165, 1.54) is 15.6 Å². The predicted molar refractivity (Wildman–Crippen MR) is 92.9 cm³/mol. The van der Waals surface area contributed by atoms with E-state index in [9.17, 15) is 13.2 Å². The van der Waals surface area contributed by atoms with Gasteiger partial charge in [0.2, 0.25) is 0 Å². The molecule has 0 aliphatic carbocycles. The Bertz CT molecular complexity index is 972. The van der Waals surface area contributed by atoms with E-state index >= 15 is 0 Å². The summed E-state index contributed by atoms with van der Waals surface area (Å²) in [6.07, 6.45) is 1.16. The number of amides is 1. The first kappa shape index (κ1) is 16.2. The van der Waals surface area contributed by atoms with Gasteiger partial charge in [-0.3, -0.25) is 4.79 Å². The lowest BCUT2D eigenvalue weighted by Crippen LogP contribution is -2.50. The Labute approximate surface area is 148 Å². The van der Waals surface area contributed by atoms with Crippen molar-refractivity contribution in [3.05, 3.63) is 41.5 Å². The van der Waals surface area contributed by atoms with E-state index in [0.717, 1.165) is 16.4 Å². The molecule has 130 valence electrons. The van der Waals surface area contributed by atoms with E-state index in [-0.39, 0.29) is 24.2 Å². The SMILES string of the molecule is O=C(c1cc2ccccc2s1)N1CCN(S(=O)(=O)c2ncn[nH]2)CC1. The molecule has 0 spiro atoms. The number of carbonyl (C=O) groups excluding carboxylic acids is 1. The van der Waals surface area contributed by atoms with Gasteiger partial charge >= 0.3 is 0 Å². The second kappa shape index (κ2) is 6.21. The van der Waals surface area contributed by atoms with Crippen LogP contribution in [0.15, 0.2) is 41.8 Å². The van der Waals surface area contributed by atoms with Crippen molar-refractivity contribution in [1.82, 2.24) is 24.4 Å². The van der Waals surface area contributed by atoms with Gasteiger partial charge in [0, 0.05) is 30.9 Å². The molecule has 3 heterocycles. The molecule has 1 N–H and O–H groups in total. The zero-order valence-corrected chi connectivity index (χ0v) is 14.8. The molecule has 0 saturated carbocycles. The highest BCUT2D eigenvalue weighted by Crippen LogP contribution is 2.26. The van der Waals surface area contributed by atoms with Gasteiger partial charge in [0.25, 0.3) is 21.1 Å². The number of sulfonamides is 1. The van der Waals surface area contributed by atoms with Crippen LogP contribution in [0, 0.1) is 0 Å². The third-order valence-electron chi connectivity index (χ3n) is 4.14. The summed E-state index contributed by atoms with van der Waals surface area (Å²) in [5, 5.41) is 6.84. The molecule has 0 bridgehead atoms. The number of nitrogens with one attached hydrogen (secondary N) is 1. The normalized spacial score (nSPS) is 16.4. The van der Waals surface area contributed by atoms with Gasteiger partial charge < -0.3 is 4.90 Å². The Balaban J connectivity index is 1.47. The molecule has 25 heavy (non-hydrogen) atoms. The molecule has 2 aromatic heterocycles. The number of hydrogen-bond acceptors (Lipinski definition) is 6. The lowest BCUT2D eigenvalue weighted by Gasteiger charge is -2.33. The fourth-order valence-electron chi connectivity index (χ4n) is 2.82. The first-order chi connectivity index (χ1) is 12.1. The van der Waals surface area contributed by atoms with Crippen LogP contribution in [0.2, 0.25) is 0 Å². The number of hydrogen-bond donors (Lipinski definition) is 1. The van der Waals surface area contributed by atoms with E-state index < -0.39 is 10.0 Å². The van der Waals surface area contributed by atoms with E-state index in [2.05, 4.69) is 15.2 Å². The van der Waals surface area contributed by atoms with Crippen LogP contribution in [0.4, 0.5) is 0 Å². The molecule has 1 saturated heterocycles. The summed E-state index contributed by atoms with van der Waals surface area (Å²) in [6, 6.07) is 9.74. The van der Waals surface area contributed by atoms with Gasteiger partial charge in [-0.25, -0.2) is 18.5 Å². The smallest absolute Gasteiger partial charge is 0.278 e. The Kier molecular flexibility index (Phi) is 4.02. The number of carbonyl (C=O) groups is 1. The Morgan fingerprint density at radius 1 is 1.16 bits per heavy atom. The fraction of sp³-hybridized carbons (Fsp3) is 0.267. The molecular weight excluding hydrogens is 362 g/mol. The quantitative estimate of drug-likeness (QED) is 0.739. The van der Waals surface area contributed by atoms with E-state index in [1.54, 1.807) is 4.90 Å². The van der Waals surface area contributed by atoms with Crippen LogP contribution in [-0.2, 0) is 10.0 Å². The van der Waals surface area contributed by atoms with Gasteiger partial charge in [-0.15, -0.1) is 11.3 Å². The highest BCUT2D eigenvalue weighted by atomic mass is 32.2. The van der Waals surface area contributed by atoms with E-state index in [4.69, 9.17) is 0 Å². The van der Waals surface area contributed by atoms with Gasteiger partial charge in [-0.2, -0.15) is 9.40 Å². The lowest BCUT2D eigenvalue weighted by atomic mass is 10.2. The Morgan fingerprint density at radius 3 is 2.60 bits per heavy atom. The number of aromatic nitrogens is 3. The lowest BCUT2D eigenvalue weighted by molar-refractivity contribution is 0.0702. The number of rotatable bonds is 3. The first-order valence-corrected chi connectivity index (χ1v) is 9.95. The van der Waals surface area contributed by atoms with Gasteiger partial charge in [0.1, 0.15) is 6.33 Å². The van der Waals surface area contributed by atoms with Gasteiger partial charge in [-0.1, -0.05) is 18.2 Å². The maximum atomic E-state index is 12.7. The van der Waals surface area contributed by atoms with Crippen molar-refractivity contribution >= 4 is 37.4 Å². The molecule has 10 heteroatoms. The summed E-state index contributed by atoms with van der Waals surface area (Å²) in [5.74, 6) is -0.0575. The van der Waals surface area contributed by atoms with Gasteiger partial charge in [0.05, 0.1) is 4.88 Å². The number of thiophene rings is 1. The van der Waals surface area contributed by atoms with Crippen LogP contribution in [-0.4, -0.2) is 64.9 Å². The minimum absolute atomic E-state index is 0.0575. The minimum atomic E-state index is -3.68. The summed E-state index contributed by atoms with van der Waals surface area (Å²) < 4.78 is 27.2. The fourth-order valence-corrected chi connectivity index (χ4v) is 5.08. The Hall–Kier alpha value is -2.30. The van der Waals surface area contributed by atoms with Crippen molar-refractivity contribution in [2.75, 3.05) is 26.2 Å². The monoisotopic (exact) mass is 377 g/mol. The molecule has 0 atom stereocenters. The number of nitrogens with zero attached hydrogens (tertiary/aromatic N) is 4. The number of aromatic amines is 1. The summed E-state index contributed by atoms with van der Waals surface area (Å²) >= 11 is 1.46. The maximum Gasteiger partial charge on any atom is 0.278 e. The molecule has 1 aliphatic rings. The number of benzene rings is 1. The summed E-state index contributed by atoms with van der Waals surface area (Å²) in [5.41, 5.74) is 0. The molecule has 1 aliphatic heterocycles. The summed E-state index contributed by atoms with van der Waals surface area (Å²) in [6.45, 7) is 1.17. The molecule has 0 unspecified atom stereocenters. The van der Waals surface area contributed by atoms with Gasteiger partial charge in [0.15, 0.2) is 0 Å².